The van der Waals surface area contributed by atoms with Crippen LogP contribution in [0.15, 0.2) is 52.3 Å². The number of aromatic nitrogens is 4. The minimum Gasteiger partial charge on any atom is -0.310 e. The number of carbonyl (C=O) groups excluding carboxylic acids is 1. The highest BCUT2D eigenvalue weighted by atomic mass is 35.5. The van der Waals surface area contributed by atoms with Crippen LogP contribution >= 0.6 is 11.6 Å². The van der Waals surface area contributed by atoms with Gasteiger partial charge in [-0.15, -0.1) is 0 Å². The van der Waals surface area contributed by atoms with Crippen LogP contribution in [0.3, 0.4) is 0 Å². The van der Waals surface area contributed by atoms with Crippen molar-refractivity contribution in [1.82, 2.24) is 19.2 Å². The molecule has 4 aromatic rings. The van der Waals surface area contributed by atoms with Crippen molar-refractivity contribution in [3.8, 4) is 0 Å². The van der Waals surface area contributed by atoms with Crippen molar-refractivity contribution in [2.24, 2.45) is 4.99 Å². The average molecular weight is 448 g/mol. The molecule has 0 saturated carbocycles. The highest BCUT2D eigenvalue weighted by Gasteiger charge is 2.14. The third-order valence-corrected chi connectivity index (χ3v) is 4.81. The summed E-state index contributed by atoms with van der Waals surface area (Å²) < 4.78 is 42.2. The minimum atomic E-state index is -1.21. The summed E-state index contributed by atoms with van der Waals surface area (Å²) in [6.07, 6.45) is 0. The minimum absolute atomic E-state index is 0.0709. The Morgan fingerprint density at radius 1 is 1.13 bits per heavy atom. The maximum atomic E-state index is 13.5. The van der Waals surface area contributed by atoms with Gasteiger partial charge in [0.05, 0.1) is 12.2 Å². The lowest BCUT2D eigenvalue weighted by Gasteiger charge is -2.09. The van der Waals surface area contributed by atoms with Crippen LogP contribution in [-0.4, -0.2) is 25.1 Å². The van der Waals surface area contributed by atoms with E-state index in [2.05, 4.69) is 15.1 Å². The molecular formula is C20H13ClF3N5O2. The second-order valence-corrected chi connectivity index (χ2v) is 7.09. The van der Waals surface area contributed by atoms with Crippen molar-refractivity contribution < 1.29 is 18.0 Å². The predicted molar refractivity (Wildman–Crippen MR) is 105 cm³/mol. The Bertz CT molecular complexity index is 1470. The molecule has 0 aliphatic heterocycles. The van der Waals surface area contributed by atoms with E-state index in [1.54, 1.807) is 13.0 Å². The van der Waals surface area contributed by atoms with E-state index in [1.807, 2.05) is 0 Å². The van der Waals surface area contributed by atoms with E-state index in [4.69, 9.17) is 11.6 Å². The number of hydrogen-bond acceptors (Lipinski definition) is 3. The molecule has 2 heterocycles. The van der Waals surface area contributed by atoms with Crippen LogP contribution in [-0.2, 0) is 6.54 Å². The van der Waals surface area contributed by atoms with E-state index in [0.717, 1.165) is 27.3 Å². The fourth-order valence-corrected chi connectivity index (χ4v) is 3.19. The molecule has 0 spiro atoms. The first kappa shape index (κ1) is 20.6. The van der Waals surface area contributed by atoms with Crippen molar-refractivity contribution >= 4 is 23.2 Å². The second kappa shape index (κ2) is 7.88. The molecule has 1 amide bonds. The van der Waals surface area contributed by atoms with Crippen molar-refractivity contribution in [2.45, 2.75) is 13.5 Å². The monoisotopic (exact) mass is 447 g/mol. The summed E-state index contributed by atoms with van der Waals surface area (Å²) in [5.41, 5.74) is 0.158. The number of nitrogens with zero attached hydrogens (tertiary/aromatic N) is 4. The van der Waals surface area contributed by atoms with Gasteiger partial charge in [-0.2, -0.15) is 14.6 Å². The van der Waals surface area contributed by atoms with Crippen LogP contribution in [0.4, 0.5) is 13.2 Å². The topological polar surface area (TPSA) is 84.5 Å². The Kier molecular flexibility index (Phi) is 5.24. The van der Waals surface area contributed by atoms with E-state index < -0.39 is 29.0 Å². The summed E-state index contributed by atoms with van der Waals surface area (Å²) in [5.74, 6) is -3.78. The lowest BCUT2D eigenvalue weighted by atomic mass is 10.2. The molecule has 31 heavy (non-hydrogen) atoms. The molecule has 11 heteroatoms. The lowest BCUT2D eigenvalue weighted by Crippen LogP contribution is -2.41. The third-order valence-electron chi connectivity index (χ3n) is 4.46. The SMILES string of the molecule is Cc1cc2[nH]/c(=N\C(=O)c3ccc(F)c(F)c3)n(Cc3ccc(F)cc3Cl)c(=O)n2n1. The number of hydrogen-bond donors (Lipinski definition) is 1. The van der Waals surface area contributed by atoms with Gasteiger partial charge >= 0.3 is 5.69 Å². The number of halogens is 4. The van der Waals surface area contributed by atoms with Gasteiger partial charge in [0, 0.05) is 16.7 Å². The smallest absolute Gasteiger partial charge is 0.310 e. The van der Waals surface area contributed by atoms with Crippen molar-refractivity contribution in [1.29, 1.82) is 0 Å². The normalized spacial score (nSPS) is 12.0. The van der Waals surface area contributed by atoms with Crippen molar-refractivity contribution in [2.75, 3.05) is 0 Å². The van der Waals surface area contributed by atoms with E-state index >= 15 is 0 Å². The molecule has 0 aliphatic rings. The lowest BCUT2D eigenvalue weighted by molar-refractivity contribution is 0.0995. The number of benzene rings is 2. The Balaban J connectivity index is 1.91. The number of carbonyl (C=O) groups is 1. The van der Waals surface area contributed by atoms with Gasteiger partial charge in [0.25, 0.3) is 5.91 Å². The number of nitrogens with one attached hydrogen (secondary N) is 1. The summed E-state index contributed by atoms with van der Waals surface area (Å²) in [6.45, 7) is 1.51. The molecular weight excluding hydrogens is 435 g/mol. The molecule has 0 radical (unpaired) electrons. The predicted octanol–water partition coefficient (Wildman–Crippen LogP) is 2.99. The molecule has 0 unspecified atom stereocenters. The van der Waals surface area contributed by atoms with Gasteiger partial charge in [0.15, 0.2) is 11.6 Å². The molecule has 2 aromatic carbocycles. The van der Waals surface area contributed by atoms with Gasteiger partial charge in [-0.3, -0.25) is 9.36 Å². The largest absolute Gasteiger partial charge is 0.353 e. The van der Waals surface area contributed by atoms with Gasteiger partial charge in [0.1, 0.15) is 11.5 Å². The van der Waals surface area contributed by atoms with Crippen LogP contribution in [0.25, 0.3) is 5.65 Å². The maximum absolute atomic E-state index is 13.5. The van der Waals surface area contributed by atoms with Crippen LogP contribution in [0.2, 0.25) is 5.02 Å². The zero-order chi connectivity index (χ0) is 22.3. The Hall–Kier alpha value is -3.66. The summed E-state index contributed by atoms with van der Waals surface area (Å²) in [7, 11) is 0. The molecule has 2 aromatic heterocycles. The third kappa shape index (κ3) is 4.02. The van der Waals surface area contributed by atoms with Crippen LogP contribution < -0.4 is 11.3 Å². The molecule has 158 valence electrons. The molecule has 0 saturated heterocycles. The van der Waals surface area contributed by atoms with E-state index in [0.29, 0.717) is 17.3 Å². The standard InChI is InChI=1S/C20H13ClF3N5O2/c1-10-6-17-25-19(26-18(30)11-3-5-15(23)16(24)7-11)28(20(31)29(17)27-10)9-12-2-4-13(22)8-14(12)21/h2-8H,9H2,1H3,(H,25,26,30). The molecule has 0 aliphatic carbocycles. The first-order chi connectivity index (χ1) is 14.7. The van der Waals surface area contributed by atoms with E-state index in [9.17, 15) is 22.8 Å². The Morgan fingerprint density at radius 3 is 2.61 bits per heavy atom. The number of H-pyrrole nitrogens is 1. The second-order valence-electron chi connectivity index (χ2n) is 6.68. The van der Waals surface area contributed by atoms with Crippen molar-refractivity contribution in [3.05, 3.63) is 97.9 Å². The highest BCUT2D eigenvalue weighted by molar-refractivity contribution is 6.31. The van der Waals surface area contributed by atoms with E-state index in [-0.39, 0.29) is 28.4 Å². The van der Waals surface area contributed by atoms with Gasteiger partial charge in [0.2, 0.25) is 5.62 Å². The number of amides is 1. The summed E-state index contributed by atoms with van der Waals surface area (Å²) in [6, 6.07) is 7.81. The fraction of sp³-hybridized carbons (Fsp3) is 0.100. The summed E-state index contributed by atoms with van der Waals surface area (Å²) in [5, 5.41) is 4.16. The number of rotatable bonds is 3. The Morgan fingerprint density at radius 2 is 1.90 bits per heavy atom. The summed E-state index contributed by atoms with van der Waals surface area (Å²) in [4.78, 5) is 32.3. The number of aromatic amines is 1. The average Bonchev–Trinajstić information content (AvgIpc) is 3.09. The molecule has 0 bridgehead atoms. The first-order valence-corrected chi connectivity index (χ1v) is 9.28. The van der Waals surface area contributed by atoms with Crippen molar-refractivity contribution in [3.63, 3.8) is 0 Å². The molecule has 4 rings (SSSR count). The number of fused-ring (bicyclic) bond motifs is 1. The van der Waals surface area contributed by atoms with Crippen LogP contribution in [0, 0.1) is 24.4 Å². The van der Waals surface area contributed by atoms with Gasteiger partial charge in [-0.25, -0.2) is 18.0 Å². The van der Waals surface area contributed by atoms with Crippen LogP contribution in [0.5, 0.6) is 0 Å². The highest BCUT2D eigenvalue weighted by Crippen LogP contribution is 2.17. The molecule has 1 N–H and O–H groups in total. The maximum Gasteiger partial charge on any atom is 0.353 e. The number of aryl methyl sites for hydroxylation is 1. The zero-order valence-corrected chi connectivity index (χ0v) is 16.6. The molecule has 0 atom stereocenters. The molecule has 0 fully saturated rings. The zero-order valence-electron chi connectivity index (χ0n) is 15.9. The quantitative estimate of drug-likeness (QED) is 0.524. The summed E-state index contributed by atoms with van der Waals surface area (Å²) >= 11 is 6.08. The molecule has 7 nitrogen and oxygen atoms in total. The Labute approximate surface area is 177 Å². The van der Waals surface area contributed by atoms with Gasteiger partial charge < -0.3 is 4.98 Å². The van der Waals surface area contributed by atoms with Crippen LogP contribution in [0.1, 0.15) is 21.6 Å². The fourth-order valence-electron chi connectivity index (χ4n) is 2.96. The first-order valence-electron chi connectivity index (χ1n) is 8.90. The van der Waals surface area contributed by atoms with E-state index in [1.165, 1.54) is 12.1 Å². The van der Waals surface area contributed by atoms with Gasteiger partial charge in [-0.05, 0) is 42.8 Å². The van der Waals surface area contributed by atoms with Gasteiger partial charge in [-0.1, -0.05) is 17.7 Å².